The molecule has 0 radical (unpaired) electrons. The molecule has 1 atom stereocenters. The van der Waals surface area contributed by atoms with Crippen molar-refractivity contribution in [3.63, 3.8) is 0 Å². The number of hydrogen-bond acceptors (Lipinski definition) is 5. The van der Waals surface area contributed by atoms with E-state index in [1.807, 2.05) is 12.1 Å². The Morgan fingerprint density at radius 2 is 1.67 bits per heavy atom. The van der Waals surface area contributed by atoms with Gasteiger partial charge in [0, 0.05) is 24.2 Å². The number of benzene rings is 3. The maximum Gasteiger partial charge on any atom is 0.295 e. The van der Waals surface area contributed by atoms with Crippen LogP contribution in [0.15, 0.2) is 78.4 Å². The summed E-state index contributed by atoms with van der Waals surface area (Å²) in [5, 5.41) is 22.4. The second kappa shape index (κ2) is 9.37. The monoisotopic (exact) mass is 488 g/mol. The molecule has 7 nitrogen and oxygen atoms in total. The van der Waals surface area contributed by atoms with Crippen LogP contribution in [0.5, 0.6) is 0 Å². The van der Waals surface area contributed by atoms with E-state index in [1.165, 1.54) is 47.4 Å². The number of nitro benzene ring substituents is 1. The summed E-state index contributed by atoms with van der Waals surface area (Å²) in [4.78, 5) is 38.3. The van der Waals surface area contributed by atoms with Gasteiger partial charge in [0.15, 0.2) is 0 Å². The van der Waals surface area contributed by atoms with Crippen molar-refractivity contribution < 1.29 is 24.0 Å². The van der Waals surface area contributed by atoms with Gasteiger partial charge in [-0.3, -0.25) is 19.7 Å². The minimum atomic E-state index is -0.941. The maximum atomic E-state index is 13.4. The Balaban J connectivity index is 1.87. The number of halogens is 1. The predicted octanol–water partition coefficient (Wildman–Crippen LogP) is 5.65. The molecule has 0 spiro atoms. The number of nitrogens with zero attached hydrogens (tertiary/aromatic N) is 2. The van der Waals surface area contributed by atoms with Crippen LogP contribution in [0.2, 0.25) is 0 Å². The quantitative estimate of drug-likeness (QED) is 0.164. The first-order chi connectivity index (χ1) is 17.0. The summed E-state index contributed by atoms with van der Waals surface area (Å²) in [5.41, 5.74) is 1.75. The molecule has 1 amide bonds. The van der Waals surface area contributed by atoms with Crippen LogP contribution in [0.1, 0.15) is 49.1 Å². The van der Waals surface area contributed by atoms with E-state index < -0.39 is 34.2 Å². The van der Waals surface area contributed by atoms with Crippen LogP contribution in [0.4, 0.5) is 10.1 Å². The highest BCUT2D eigenvalue weighted by Crippen LogP contribution is 2.41. The molecule has 1 saturated heterocycles. The first-order valence-corrected chi connectivity index (χ1v) is 11.4. The van der Waals surface area contributed by atoms with E-state index in [-0.39, 0.29) is 28.8 Å². The zero-order valence-electron chi connectivity index (χ0n) is 20.1. The molecule has 1 aliphatic heterocycles. The molecule has 1 heterocycles. The van der Waals surface area contributed by atoms with Crippen LogP contribution in [0, 0.1) is 15.9 Å². The van der Waals surface area contributed by atoms with Crippen molar-refractivity contribution in [2.75, 3.05) is 0 Å². The number of carbonyl (C=O) groups is 2. The fraction of sp³-hybridized carbons (Fsp3) is 0.214. The number of aliphatic hydroxyl groups excluding tert-OH is 1. The van der Waals surface area contributed by atoms with E-state index in [2.05, 4.69) is 20.8 Å². The van der Waals surface area contributed by atoms with Crippen molar-refractivity contribution in [3.8, 4) is 0 Å². The van der Waals surface area contributed by atoms with Crippen molar-refractivity contribution in [2.24, 2.45) is 0 Å². The number of carbonyl (C=O) groups excluding carboxylic acids is 2. The summed E-state index contributed by atoms with van der Waals surface area (Å²) < 4.78 is 13.4. The lowest BCUT2D eigenvalue weighted by atomic mass is 9.85. The molecule has 1 fully saturated rings. The smallest absolute Gasteiger partial charge is 0.295 e. The SMILES string of the molecule is CC(C)(C)c1ccc(C2/C(=C(/O)c3cccc([N+](=O)[O-])c3)C(=O)C(=O)N2Cc2ccc(F)cc2)cc1. The van der Waals surface area contributed by atoms with Gasteiger partial charge in [0.25, 0.3) is 17.4 Å². The highest BCUT2D eigenvalue weighted by atomic mass is 19.1. The van der Waals surface area contributed by atoms with Gasteiger partial charge in [0.05, 0.1) is 16.5 Å². The fourth-order valence-electron chi connectivity index (χ4n) is 4.26. The first kappa shape index (κ1) is 24.8. The summed E-state index contributed by atoms with van der Waals surface area (Å²) in [6.07, 6.45) is 0. The van der Waals surface area contributed by atoms with Crippen molar-refractivity contribution in [1.29, 1.82) is 0 Å². The van der Waals surface area contributed by atoms with E-state index in [0.717, 1.165) is 11.6 Å². The lowest BCUT2D eigenvalue weighted by Crippen LogP contribution is -2.29. The molecule has 4 rings (SSSR count). The molecule has 0 bridgehead atoms. The number of aliphatic hydroxyl groups is 1. The van der Waals surface area contributed by atoms with Gasteiger partial charge < -0.3 is 10.0 Å². The highest BCUT2D eigenvalue weighted by Gasteiger charge is 2.46. The molecule has 0 aromatic heterocycles. The third-order valence-electron chi connectivity index (χ3n) is 6.23. The summed E-state index contributed by atoms with van der Waals surface area (Å²) in [5.74, 6) is -2.65. The second-order valence-corrected chi connectivity index (χ2v) is 9.73. The molecule has 36 heavy (non-hydrogen) atoms. The lowest BCUT2D eigenvalue weighted by Gasteiger charge is -2.26. The average molecular weight is 489 g/mol. The van der Waals surface area contributed by atoms with Crippen LogP contribution >= 0.6 is 0 Å². The number of amides is 1. The van der Waals surface area contributed by atoms with Gasteiger partial charge in [0.1, 0.15) is 11.6 Å². The van der Waals surface area contributed by atoms with Gasteiger partial charge in [-0.15, -0.1) is 0 Å². The first-order valence-electron chi connectivity index (χ1n) is 11.4. The number of nitro groups is 1. The number of hydrogen-bond donors (Lipinski definition) is 1. The van der Waals surface area contributed by atoms with Crippen LogP contribution in [0.25, 0.3) is 5.76 Å². The Morgan fingerprint density at radius 3 is 2.25 bits per heavy atom. The highest BCUT2D eigenvalue weighted by molar-refractivity contribution is 6.46. The third kappa shape index (κ3) is 4.75. The van der Waals surface area contributed by atoms with Crippen LogP contribution in [-0.2, 0) is 21.5 Å². The number of non-ortho nitro benzene ring substituents is 1. The molecule has 1 unspecified atom stereocenters. The van der Waals surface area contributed by atoms with E-state index >= 15 is 0 Å². The van der Waals surface area contributed by atoms with Gasteiger partial charge in [-0.25, -0.2) is 4.39 Å². The molecule has 0 saturated carbocycles. The van der Waals surface area contributed by atoms with E-state index in [1.54, 1.807) is 12.1 Å². The molecular formula is C28H25FN2O5. The van der Waals surface area contributed by atoms with Gasteiger partial charge in [-0.2, -0.15) is 0 Å². The minimum Gasteiger partial charge on any atom is -0.507 e. The molecule has 3 aromatic carbocycles. The average Bonchev–Trinajstić information content (AvgIpc) is 3.09. The number of likely N-dealkylation sites (tertiary alicyclic amines) is 1. The Labute approximate surface area is 207 Å². The van der Waals surface area contributed by atoms with Crippen LogP contribution < -0.4 is 0 Å². The lowest BCUT2D eigenvalue weighted by molar-refractivity contribution is -0.384. The predicted molar refractivity (Wildman–Crippen MR) is 132 cm³/mol. The summed E-state index contributed by atoms with van der Waals surface area (Å²) >= 11 is 0. The Kier molecular flexibility index (Phi) is 6.45. The molecule has 1 aliphatic rings. The van der Waals surface area contributed by atoms with Crippen LogP contribution in [0.3, 0.4) is 0 Å². The molecule has 1 N–H and O–H groups in total. The maximum absolute atomic E-state index is 13.4. The van der Waals surface area contributed by atoms with Crippen molar-refractivity contribution in [3.05, 3.63) is 117 Å². The normalized spacial score (nSPS) is 17.4. The molecule has 3 aromatic rings. The number of rotatable bonds is 5. The number of Topliss-reactive ketones (excluding diaryl/α,β-unsaturated/α-hetero) is 1. The molecule has 0 aliphatic carbocycles. The van der Waals surface area contributed by atoms with E-state index in [0.29, 0.717) is 11.1 Å². The van der Waals surface area contributed by atoms with Gasteiger partial charge in [-0.1, -0.05) is 69.3 Å². The Morgan fingerprint density at radius 1 is 1.03 bits per heavy atom. The minimum absolute atomic E-state index is 0.00224. The summed E-state index contributed by atoms with van der Waals surface area (Å²) in [6, 6.07) is 17.3. The molecule has 184 valence electrons. The Bertz CT molecular complexity index is 1370. The van der Waals surface area contributed by atoms with E-state index in [9.17, 15) is 29.2 Å². The van der Waals surface area contributed by atoms with Crippen molar-refractivity contribution in [2.45, 2.75) is 38.8 Å². The van der Waals surface area contributed by atoms with E-state index in [4.69, 9.17) is 0 Å². The van der Waals surface area contributed by atoms with Crippen LogP contribution in [-0.4, -0.2) is 26.6 Å². The molecule has 8 heteroatoms. The standard InChI is InChI=1S/C28H25FN2O5/c1-28(2,3)20-11-9-18(10-12-20)24-23(25(32)19-5-4-6-22(15-19)31(35)36)26(33)27(34)30(24)16-17-7-13-21(29)14-8-17/h4-15,24,32H,16H2,1-3H3/b25-23-. The Hall–Kier alpha value is -4.33. The van der Waals surface area contributed by atoms with Gasteiger partial charge >= 0.3 is 0 Å². The zero-order chi connectivity index (χ0) is 26.2. The largest absolute Gasteiger partial charge is 0.507 e. The molecular weight excluding hydrogens is 463 g/mol. The topological polar surface area (TPSA) is 101 Å². The van der Waals surface area contributed by atoms with Crippen molar-refractivity contribution >= 4 is 23.1 Å². The summed E-state index contributed by atoms with van der Waals surface area (Å²) in [7, 11) is 0. The fourth-order valence-corrected chi connectivity index (χ4v) is 4.26. The van der Waals surface area contributed by atoms with Gasteiger partial charge in [-0.05, 0) is 34.2 Å². The van der Waals surface area contributed by atoms with Crippen molar-refractivity contribution in [1.82, 2.24) is 4.90 Å². The van der Waals surface area contributed by atoms with Gasteiger partial charge in [0.2, 0.25) is 0 Å². The zero-order valence-corrected chi connectivity index (χ0v) is 20.1. The third-order valence-corrected chi connectivity index (χ3v) is 6.23. The second-order valence-electron chi connectivity index (χ2n) is 9.73. The summed E-state index contributed by atoms with van der Waals surface area (Å²) in [6.45, 7) is 6.18. The number of ketones is 1.